The van der Waals surface area contributed by atoms with Gasteiger partial charge in [-0.25, -0.2) is 8.78 Å². The third-order valence-corrected chi connectivity index (χ3v) is 7.06. The highest BCUT2D eigenvalue weighted by atomic mass is 19.1. The monoisotopic (exact) mass is 569 g/mol. The molecule has 2 N–H and O–H groups in total. The van der Waals surface area contributed by atoms with Crippen molar-refractivity contribution in [2.45, 2.75) is 32.0 Å². The molecule has 0 saturated carbocycles. The molecule has 0 bridgehead atoms. The molecule has 214 valence electrons. The number of ether oxygens (including phenoxy) is 1. The number of halogens is 2. The molecule has 5 rings (SSSR count). The molecule has 2 atom stereocenters. The van der Waals surface area contributed by atoms with Crippen LogP contribution in [0.25, 0.3) is 11.1 Å². The number of benzene rings is 4. The average molecular weight is 570 g/mol. The number of carbonyl (C=O) groups excluding carboxylic acids is 3. The lowest BCUT2D eigenvalue weighted by Gasteiger charge is -2.24. The maximum absolute atomic E-state index is 13.7. The second-order valence-electron chi connectivity index (χ2n) is 10.1. The first kappa shape index (κ1) is 28.5. The fourth-order valence-corrected chi connectivity index (χ4v) is 4.96. The van der Waals surface area contributed by atoms with Crippen molar-refractivity contribution >= 4 is 23.4 Å². The van der Waals surface area contributed by atoms with E-state index in [1.807, 2.05) is 54.6 Å². The van der Waals surface area contributed by atoms with E-state index in [4.69, 9.17) is 4.74 Å². The van der Waals surface area contributed by atoms with Gasteiger partial charge >= 0.3 is 0 Å². The van der Waals surface area contributed by atoms with E-state index in [0.717, 1.165) is 28.8 Å². The van der Waals surface area contributed by atoms with Gasteiger partial charge in [-0.3, -0.25) is 14.4 Å². The zero-order chi connectivity index (χ0) is 29.8. The molecule has 42 heavy (non-hydrogen) atoms. The molecular formula is C33H29F2N3O4. The van der Waals surface area contributed by atoms with E-state index in [2.05, 4.69) is 10.6 Å². The van der Waals surface area contributed by atoms with Crippen LogP contribution in [-0.4, -0.2) is 30.8 Å². The Labute approximate surface area is 242 Å². The van der Waals surface area contributed by atoms with Crippen molar-refractivity contribution < 1.29 is 27.9 Å². The zero-order valence-electron chi connectivity index (χ0n) is 23.1. The molecule has 4 aromatic rings. The van der Waals surface area contributed by atoms with Crippen molar-refractivity contribution in [3.8, 4) is 16.9 Å². The van der Waals surface area contributed by atoms with Crippen LogP contribution >= 0.6 is 0 Å². The summed E-state index contributed by atoms with van der Waals surface area (Å²) >= 11 is 0. The molecule has 0 radical (unpaired) electrons. The van der Waals surface area contributed by atoms with Crippen molar-refractivity contribution in [3.05, 3.63) is 119 Å². The molecule has 1 heterocycles. The first-order chi connectivity index (χ1) is 20.2. The van der Waals surface area contributed by atoms with Gasteiger partial charge in [-0.1, -0.05) is 54.6 Å². The minimum Gasteiger partial charge on any atom is -0.489 e. The Morgan fingerprint density at radius 3 is 2.31 bits per heavy atom. The lowest BCUT2D eigenvalue weighted by atomic mass is 9.95. The molecule has 1 unspecified atom stereocenters. The van der Waals surface area contributed by atoms with Crippen molar-refractivity contribution in [2.75, 3.05) is 11.9 Å². The molecule has 9 heteroatoms. The van der Waals surface area contributed by atoms with Crippen LogP contribution in [0.1, 0.15) is 29.7 Å². The smallest absolute Gasteiger partial charge is 0.253 e. The number of carbonyl (C=O) groups is 3. The van der Waals surface area contributed by atoms with Crippen LogP contribution in [-0.2, 0) is 27.4 Å². The van der Waals surface area contributed by atoms with Crippen LogP contribution in [0, 0.1) is 11.6 Å². The van der Waals surface area contributed by atoms with Gasteiger partial charge in [0.1, 0.15) is 36.1 Å². The topological polar surface area (TPSA) is 87.7 Å². The van der Waals surface area contributed by atoms with Crippen LogP contribution in [0.4, 0.5) is 14.5 Å². The molecule has 3 amide bonds. The van der Waals surface area contributed by atoms with E-state index in [9.17, 15) is 23.2 Å². The summed E-state index contributed by atoms with van der Waals surface area (Å²) in [6.07, 6.45) is -0.315. The van der Waals surface area contributed by atoms with E-state index >= 15 is 0 Å². The Morgan fingerprint density at radius 2 is 1.57 bits per heavy atom. The maximum atomic E-state index is 13.7. The van der Waals surface area contributed by atoms with Gasteiger partial charge in [-0.15, -0.1) is 0 Å². The van der Waals surface area contributed by atoms with Crippen LogP contribution in [0.2, 0.25) is 0 Å². The number of hydrogen-bond donors (Lipinski definition) is 2. The first-order valence-electron chi connectivity index (χ1n) is 13.4. The predicted molar refractivity (Wildman–Crippen MR) is 155 cm³/mol. The maximum Gasteiger partial charge on any atom is 0.253 e. The Kier molecular flexibility index (Phi) is 8.28. The zero-order valence-corrected chi connectivity index (χ0v) is 23.1. The van der Waals surface area contributed by atoms with Gasteiger partial charge < -0.3 is 20.3 Å². The van der Waals surface area contributed by atoms with Crippen LogP contribution < -0.4 is 20.3 Å². The summed E-state index contributed by atoms with van der Waals surface area (Å²) in [6.45, 7) is 1.85. The average Bonchev–Trinajstić information content (AvgIpc) is 3.05. The van der Waals surface area contributed by atoms with Gasteiger partial charge in [-0.05, 0) is 59.5 Å². The van der Waals surface area contributed by atoms with Crippen molar-refractivity contribution in [1.82, 2.24) is 10.6 Å². The second-order valence-corrected chi connectivity index (χ2v) is 10.1. The number of nitrogens with zero attached hydrogens (tertiary/aromatic N) is 1. The normalized spacial score (nSPS) is 14.7. The molecule has 1 aliphatic rings. The lowest BCUT2D eigenvalue weighted by molar-refractivity contribution is -0.130. The molecule has 0 aromatic heterocycles. The highest BCUT2D eigenvalue weighted by molar-refractivity contribution is 6.06. The third kappa shape index (κ3) is 6.30. The van der Waals surface area contributed by atoms with Gasteiger partial charge in [0.05, 0.1) is 12.1 Å². The molecule has 7 nitrogen and oxygen atoms in total. The SMILES string of the molecule is C[C@H](NC(=O)Cc1cc(F)cc(F)c1)C(=O)NC1C(=O)N(C)c2ccc(OCc3ccccc3)cc2-c2ccccc21. The Balaban J connectivity index is 1.34. The molecule has 0 aliphatic carbocycles. The molecular weight excluding hydrogens is 540 g/mol. The number of rotatable bonds is 8. The van der Waals surface area contributed by atoms with E-state index in [1.54, 1.807) is 25.2 Å². The fraction of sp³-hybridized carbons (Fsp3) is 0.182. The Hall–Kier alpha value is -5.05. The van der Waals surface area contributed by atoms with E-state index in [1.165, 1.54) is 11.8 Å². The van der Waals surface area contributed by atoms with Gasteiger partial charge in [0.25, 0.3) is 5.91 Å². The number of hydrogen-bond acceptors (Lipinski definition) is 4. The minimum atomic E-state index is -1.03. The summed E-state index contributed by atoms with van der Waals surface area (Å²) in [6, 6.07) is 23.3. The summed E-state index contributed by atoms with van der Waals surface area (Å²) in [5, 5.41) is 5.32. The van der Waals surface area contributed by atoms with Gasteiger partial charge in [0.2, 0.25) is 11.8 Å². The summed E-state index contributed by atoms with van der Waals surface area (Å²) in [7, 11) is 1.64. The first-order valence-corrected chi connectivity index (χ1v) is 13.4. The van der Waals surface area contributed by atoms with E-state index in [0.29, 0.717) is 29.7 Å². The van der Waals surface area contributed by atoms with Crippen LogP contribution in [0.15, 0.2) is 91.0 Å². The largest absolute Gasteiger partial charge is 0.489 e. The fourth-order valence-electron chi connectivity index (χ4n) is 4.96. The number of amides is 3. The molecule has 0 fully saturated rings. The minimum absolute atomic E-state index is 0.136. The summed E-state index contributed by atoms with van der Waals surface area (Å²) in [4.78, 5) is 40.9. The van der Waals surface area contributed by atoms with Crippen molar-refractivity contribution in [1.29, 1.82) is 0 Å². The molecule has 0 saturated heterocycles. The van der Waals surface area contributed by atoms with Crippen LogP contribution in [0.5, 0.6) is 5.75 Å². The highest BCUT2D eigenvalue weighted by Gasteiger charge is 2.34. The molecule has 0 spiro atoms. The van der Waals surface area contributed by atoms with Crippen molar-refractivity contribution in [3.63, 3.8) is 0 Å². The summed E-state index contributed by atoms with van der Waals surface area (Å²) < 4.78 is 33.0. The summed E-state index contributed by atoms with van der Waals surface area (Å²) in [5.74, 6) is -2.51. The number of nitrogens with one attached hydrogen (secondary N) is 2. The third-order valence-electron chi connectivity index (χ3n) is 7.06. The van der Waals surface area contributed by atoms with Crippen LogP contribution in [0.3, 0.4) is 0 Å². The Morgan fingerprint density at radius 1 is 0.881 bits per heavy atom. The highest BCUT2D eigenvalue weighted by Crippen LogP contribution is 2.41. The second kappa shape index (κ2) is 12.2. The molecule has 4 aromatic carbocycles. The molecule has 1 aliphatic heterocycles. The van der Waals surface area contributed by atoms with Gasteiger partial charge in [0, 0.05) is 18.7 Å². The quantitative estimate of drug-likeness (QED) is 0.310. The summed E-state index contributed by atoms with van der Waals surface area (Å²) in [5.41, 5.74) is 3.93. The Bertz CT molecular complexity index is 1620. The van der Waals surface area contributed by atoms with E-state index in [-0.39, 0.29) is 17.9 Å². The number of likely N-dealkylation sites (N-methyl/N-ethyl adjacent to an activating group) is 1. The van der Waals surface area contributed by atoms with Gasteiger partial charge in [-0.2, -0.15) is 0 Å². The number of anilines is 1. The van der Waals surface area contributed by atoms with E-state index < -0.39 is 35.5 Å². The predicted octanol–water partition coefficient (Wildman–Crippen LogP) is 5.09. The lowest BCUT2D eigenvalue weighted by Crippen LogP contribution is -2.49. The standard InChI is InChI=1S/C33H29F2N3O4/c1-20(36-30(39)16-22-14-23(34)17-24(35)15-22)32(40)37-31-27-11-7-6-10-26(27)28-18-25(12-13-29(28)38(2)33(31)41)42-19-21-8-4-3-5-9-21/h3-15,17-18,20,31H,16,19H2,1-2H3,(H,36,39)(H,37,40)/t20-,31?/m0/s1. The van der Waals surface area contributed by atoms with Gasteiger partial charge in [0.15, 0.2) is 0 Å². The number of fused-ring (bicyclic) bond motifs is 3. The van der Waals surface area contributed by atoms with Crippen molar-refractivity contribution in [2.24, 2.45) is 0 Å².